The molecule has 2 saturated heterocycles. The van der Waals surface area contributed by atoms with Crippen molar-refractivity contribution in [1.82, 2.24) is 10.2 Å². The number of likely N-dealkylation sites (tertiary alicyclic amines) is 1. The largest absolute Gasteiger partial charge is 0.497 e. The fourth-order valence-electron chi connectivity index (χ4n) is 6.67. The summed E-state index contributed by atoms with van der Waals surface area (Å²) in [4.78, 5) is 43.2. The standard InChI is InChI=1S/C30H32ClN3O5/c1-38-21-13-11-20(12-14-21)32-27(35)24-23-15-16-30(39-23)25(24)29(37)34(17-18-7-5-6-10-22(18)31)26(30)28(36)33-19-8-3-2-4-9-19/h5-7,10-16,19,23-26H,2-4,8-9,17H2,1H3,(H,32,35)(H,33,36)/t23-,24?,25-,26?,30+/m0/s1. The number of carbonyl (C=O) groups is 3. The maximum absolute atomic E-state index is 14.1. The number of hydrogen-bond acceptors (Lipinski definition) is 5. The van der Waals surface area contributed by atoms with E-state index >= 15 is 0 Å². The van der Waals surface area contributed by atoms with E-state index in [0.29, 0.717) is 16.5 Å². The molecule has 8 nitrogen and oxygen atoms in total. The number of fused-ring (bicyclic) bond motifs is 1. The fraction of sp³-hybridized carbons (Fsp3) is 0.433. The van der Waals surface area contributed by atoms with Gasteiger partial charge in [-0.15, -0.1) is 0 Å². The molecule has 5 atom stereocenters. The van der Waals surface area contributed by atoms with Crippen molar-refractivity contribution in [2.45, 2.75) is 62.4 Å². The molecular weight excluding hydrogens is 518 g/mol. The molecule has 4 aliphatic rings. The van der Waals surface area contributed by atoms with Gasteiger partial charge in [0.15, 0.2) is 0 Å². The zero-order valence-corrected chi connectivity index (χ0v) is 22.5. The lowest BCUT2D eigenvalue weighted by atomic mass is 9.74. The van der Waals surface area contributed by atoms with Crippen LogP contribution in [-0.2, 0) is 25.7 Å². The van der Waals surface area contributed by atoms with Gasteiger partial charge < -0.3 is 25.0 Å². The van der Waals surface area contributed by atoms with Gasteiger partial charge in [0, 0.05) is 23.3 Å². The SMILES string of the molecule is COc1ccc(NC(=O)C2[C@@H]3C=C[C@]4(O3)C(C(=O)NC3CCCCC3)N(Cc3ccccc3Cl)C(=O)[C@H]24)cc1. The van der Waals surface area contributed by atoms with E-state index in [1.54, 1.807) is 42.3 Å². The van der Waals surface area contributed by atoms with Gasteiger partial charge in [0.25, 0.3) is 0 Å². The molecule has 2 unspecified atom stereocenters. The molecule has 39 heavy (non-hydrogen) atoms. The van der Waals surface area contributed by atoms with E-state index in [0.717, 1.165) is 37.7 Å². The zero-order valence-electron chi connectivity index (χ0n) is 21.8. The summed E-state index contributed by atoms with van der Waals surface area (Å²) < 4.78 is 11.6. The van der Waals surface area contributed by atoms with Crippen LogP contribution in [0, 0.1) is 11.8 Å². The number of rotatable bonds is 7. The average molecular weight is 550 g/mol. The predicted octanol–water partition coefficient (Wildman–Crippen LogP) is 4.09. The molecule has 0 radical (unpaired) electrons. The first-order valence-electron chi connectivity index (χ1n) is 13.6. The number of nitrogens with one attached hydrogen (secondary N) is 2. The van der Waals surface area contributed by atoms with Crippen LogP contribution in [0.3, 0.4) is 0 Å². The van der Waals surface area contributed by atoms with E-state index in [2.05, 4.69) is 10.6 Å². The van der Waals surface area contributed by atoms with Crippen molar-refractivity contribution in [3.05, 3.63) is 71.3 Å². The Balaban J connectivity index is 1.32. The van der Waals surface area contributed by atoms with E-state index in [9.17, 15) is 14.4 Å². The molecule has 2 bridgehead atoms. The molecule has 3 aliphatic heterocycles. The quantitative estimate of drug-likeness (QED) is 0.507. The van der Waals surface area contributed by atoms with Crippen molar-refractivity contribution >= 4 is 35.0 Å². The van der Waals surface area contributed by atoms with Crippen molar-refractivity contribution in [2.75, 3.05) is 12.4 Å². The van der Waals surface area contributed by atoms with E-state index in [1.165, 1.54) is 0 Å². The van der Waals surface area contributed by atoms with Gasteiger partial charge in [0.1, 0.15) is 17.4 Å². The van der Waals surface area contributed by atoms with Crippen molar-refractivity contribution in [3.8, 4) is 5.75 Å². The highest BCUT2D eigenvalue weighted by Crippen LogP contribution is 2.55. The summed E-state index contributed by atoms with van der Waals surface area (Å²) in [5.41, 5.74) is 0.104. The number of methoxy groups -OCH3 is 1. The summed E-state index contributed by atoms with van der Waals surface area (Å²) in [6, 6.07) is 13.5. The molecule has 1 aliphatic carbocycles. The van der Waals surface area contributed by atoms with Gasteiger partial charge in [-0.3, -0.25) is 14.4 Å². The van der Waals surface area contributed by atoms with E-state index in [4.69, 9.17) is 21.1 Å². The lowest BCUT2D eigenvalue weighted by Gasteiger charge is -2.34. The van der Waals surface area contributed by atoms with Crippen LogP contribution in [0.15, 0.2) is 60.7 Å². The number of benzene rings is 2. The van der Waals surface area contributed by atoms with Gasteiger partial charge in [-0.1, -0.05) is 61.2 Å². The zero-order chi connectivity index (χ0) is 27.1. The Morgan fingerprint density at radius 2 is 1.82 bits per heavy atom. The van der Waals surface area contributed by atoms with Crippen LogP contribution in [0.1, 0.15) is 37.7 Å². The van der Waals surface area contributed by atoms with Gasteiger partial charge in [0.05, 0.1) is 25.0 Å². The third kappa shape index (κ3) is 4.49. The van der Waals surface area contributed by atoms with Gasteiger partial charge in [-0.2, -0.15) is 0 Å². The number of ether oxygens (including phenoxy) is 2. The van der Waals surface area contributed by atoms with Gasteiger partial charge in [0.2, 0.25) is 17.7 Å². The second kappa shape index (κ2) is 10.3. The predicted molar refractivity (Wildman–Crippen MR) is 146 cm³/mol. The maximum Gasteiger partial charge on any atom is 0.246 e. The Morgan fingerprint density at radius 3 is 2.54 bits per heavy atom. The van der Waals surface area contributed by atoms with Gasteiger partial charge in [-0.05, 0) is 48.7 Å². The number of anilines is 1. The Morgan fingerprint density at radius 1 is 1.08 bits per heavy atom. The Hall–Kier alpha value is -3.36. The monoisotopic (exact) mass is 549 g/mol. The van der Waals surface area contributed by atoms with Crippen LogP contribution in [0.2, 0.25) is 5.02 Å². The van der Waals surface area contributed by atoms with Crippen molar-refractivity contribution in [3.63, 3.8) is 0 Å². The molecule has 2 aromatic rings. The molecule has 2 aromatic carbocycles. The van der Waals surface area contributed by atoms with Crippen molar-refractivity contribution < 1.29 is 23.9 Å². The highest BCUT2D eigenvalue weighted by molar-refractivity contribution is 6.31. The Kier molecular flexibility index (Phi) is 6.85. The number of carbonyl (C=O) groups excluding carboxylic acids is 3. The smallest absolute Gasteiger partial charge is 0.246 e. The molecular formula is C30H32ClN3O5. The van der Waals surface area contributed by atoms with Crippen LogP contribution in [0.25, 0.3) is 0 Å². The first kappa shape index (κ1) is 25.9. The summed E-state index contributed by atoms with van der Waals surface area (Å²) >= 11 is 6.46. The molecule has 0 aromatic heterocycles. The van der Waals surface area contributed by atoms with Crippen LogP contribution < -0.4 is 15.4 Å². The van der Waals surface area contributed by atoms with Crippen LogP contribution in [0.4, 0.5) is 5.69 Å². The molecule has 1 saturated carbocycles. The van der Waals surface area contributed by atoms with E-state index in [1.807, 2.05) is 30.4 Å². The molecule has 3 fully saturated rings. The maximum atomic E-state index is 14.1. The molecule has 3 amide bonds. The van der Waals surface area contributed by atoms with E-state index in [-0.39, 0.29) is 30.3 Å². The number of nitrogens with zero attached hydrogens (tertiary/aromatic N) is 1. The van der Waals surface area contributed by atoms with Gasteiger partial charge >= 0.3 is 0 Å². The average Bonchev–Trinajstić information content (AvgIpc) is 3.58. The molecule has 2 N–H and O–H groups in total. The summed E-state index contributed by atoms with van der Waals surface area (Å²) in [6.07, 6.45) is 8.19. The number of hydrogen-bond donors (Lipinski definition) is 2. The Labute approximate surface area is 232 Å². The molecule has 9 heteroatoms. The topological polar surface area (TPSA) is 97.0 Å². The van der Waals surface area contributed by atoms with Crippen LogP contribution in [0.5, 0.6) is 5.75 Å². The second-order valence-electron chi connectivity index (χ2n) is 10.8. The summed E-state index contributed by atoms with van der Waals surface area (Å²) in [6.45, 7) is 0.147. The molecule has 6 rings (SSSR count). The first-order chi connectivity index (χ1) is 18.9. The lowest BCUT2D eigenvalue weighted by Crippen LogP contribution is -2.56. The molecule has 1 spiro atoms. The van der Waals surface area contributed by atoms with Crippen LogP contribution in [-0.4, -0.2) is 53.5 Å². The summed E-state index contributed by atoms with van der Waals surface area (Å²) in [7, 11) is 1.58. The van der Waals surface area contributed by atoms with E-state index < -0.39 is 29.6 Å². The summed E-state index contributed by atoms with van der Waals surface area (Å²) in [5, 5.41) is 6.65. The second-order valence-corrected chi connectivity index (χ2v) is 11.2. The number of halogens is 1. The molecule has 3 heterocycles. The highest BCUT2D eigenvalue weighted by Gasteiger charge is 2.72. The fourth-order valence-corrected chi connectivity index (χ4v) is 6.87. The number of amides is 3. The van der Waals surface area contributed by atoms with Gasteiger partial charge in [-0.25, -0.2) is 0 Å². The summed E-state index contributed by atoms with van der Waals surface area (Å²) in [5.74, 6) is -1.76. The van der Waals surface area contributed by atoms with Crippen molar-refractivity contribution in [1.29, 1.82) is 0 Å². The third-order valence-corrected chi connectivity index (χ3v) is 8.90. The van der Waals surface area contributed by atoms with Crippen LogP contribution >= 0.6 is 11.6 Å². The van der Waals surface area contributed by atoms with Crippen molar-refractivity contribution in [2.24, 2.45) is 11.8 Å². The third-order valence-electron chi connectivity index (χ3n) is 8.53. The highest BCUT2D eigenvalue weighted by atomic mass is 35.5. The minimum absolute atomic E-state index is 0.0655. The lowest BCUT2D eigenvalue weighted by molar-refractivity contribution is -0.142. The normalized spacial score (nSPS) is 29.4. The minimum Gasteiger partial charge on any atom is -0.497 e. The molecule has 204 valence electrons. The minimum atomic E-state index is -1.22. The Bertz CT molecular complexity index is 1310. The first-order valence-corrected chi connectivity index (χ1v) is 14.0.